The second-order valence-corrected chi connectivity index (χ2v) is 8.90. The number of ether oxygens (including phenoxy) is 3. The van der Waals surface area contributed by atoms with Gasteiger partial charge in [0.25, 0.3) is 5.91 Å². The Morgan fingerprint density at radius 1 is 1.03 bits per heavy atom. The Hall–Kier alpha value is -1.88. The van der Waals surface area contributed by atoms with E-state index in [-0.39, 0.29) is 5.91 Å². The van der Waals surface area contributed by atoms with Gasteiger partial charge >= 0.3 is 0 Å². The standard InChI is InChI=1S/C21H26N2O7/c1-9-7-6-8-10(2)12(9)23-18(25)11-13(22(5)30-15(11)19(23)26)16-14(24)17-20(27-16)29-21(3,4)28-17/h6-8,11,13-17,20,24H,1-5H3/t11-,13-,14-,15+,16+,17+,20+/m0/s1. The van der Waals surface area contributed by atoms with Crippen LogP contribution in [0.15, 0.2) is 18.2 Å². The van der Waals surface area contributed by atoms with Gasteiger partial charge in [0.05, 0.1) is 17.6 Å². The molecule has 30 heavy (non-hydrogen) atoms. The number of carbonyl (C=O) groups is 2. The van der Waals surface area contributed by atoms with Gasteiger partial charge in [-0.05, 0) is 38.8 Å². The number of anilines is 1. The highest BCUT2D eigenvalue weighted by molar-refractivity contribution is 6.24. The molecule has 2 amide bonds. The first-order valence-electron chi connectivity index (χ1n) is 10.1. The fourth-order valence-electron chi connectivity index (χ4n) is 5.17. The average Bonchev–Trinajstić information content (AvgIpc) is 3.31. The van der Waals surface area contributed by atoms with Crippen molar-refractivity contribution in [2.45, 2.75) is 70.2 Å². The molecule has 1 aromatic rings. The van der Waals surface area contributed by atoms with Crippen LogP contribution in [0.4, 0.5) is 5.69 Å². The van der Waals surface area contributed by atoms with Crippen LogP contribution in [0, 0.1) is 19.8 Å². The van der Waals surface area contributed by atoms with Crippen LogP contribution < -0.4 is 4.90 Å². The van der Waals surface area contributed by atoms with Gasteiger partial charge in [0.15, 0.2) is 18.2 Å². The van der Waals surface area contributed by atoms with Crippen LogP contribution in [-0.2, 0) is 28.6 Å². The van der Waals surface area contributed by atoms with Crippen LogP contribution in [-0.4, -0.2) is 71.6 Å². The lowest BCUT2D eigenvalue weighted by molar-refractivity contribution is -0.232. The van der Waals surface area contributed by atoms with Gasteiger partial charge in [-0.1, -0.05) is 18.2 Å². The van der Waals surface area contributed by atoms with E-state index in [0.717, 1.165) is 11.1 Å². The summed E-state index contributed by atoms with van der Waals surface area (Å²) in [6.45, 7) is 7.23. The number of para-hydroxylation sites is 1. The van der Waals surface area contributed by atoms with Crippen molar-refractivity contribution in [2.24, 2.45) is 5.92 Å². The molecule has 162 valence electrons. The molecule has 4 saturated heterocycles. The first-order valence-corrected chi connectivity index (χ1v) is 10.1. The third-order valence-electron chi connectivity index (χ3n) is 6.42. The van der Waals surface area contributed by atoms with Gasteiger partial charge in [-0.15, -0.1) is 0 Å². The van der Waals surface area contributed by atoms with E-state index >= 15 is 0 Å². The summed E-state index contributed by atoms with van der Waals surface area (Å²) in [4.78, 5) is 33.6. The Morgan fingerprint density at radius 3 is 2.33 bits per heavy atom. The number of aryl methyl sites for hydroxylation is 2. The number of aliphatic hydroxyl groups excluding tert-OH is 1. The molecule has 0 aromatic heterocycles. The monoisotopic (exact) mass is 418 g/mol. The van der Waals surface area contributed by atoms with Crippen molar-refractivity contribution in [3.05, 3.63) is 29.3 Å². The minimum atomic E-state index is -1.02. The molecule has 9 heteroatoms. The SMILES string of the molecule is Cc1cccc(C)c1N1C(=O)[C@H]2[C@@H]([C@H]3O[C@@H]4OC(C)(C)O[C@@H]4[C@H]3O)N(C)O[C@H]2C1=O. The smallest absolute Gasteiger partial charge is 0.265 e. The van der Waals surface area contributed by atoms with Crippen molar-refractivity contribution in [3.8, 4) is 0 Å². The first-order chi connectivity index (χ1) is 14.1. The van der Waals surface area contributed by atoms with Crippen molar-refractivity contribution >= 4 is 17.5 Å². The number of hydrogen-bond acceptors (Lipinski definition) is 8. The molecule has 1 aromatic carbocycles. The van der Waals surface area contributed by atoms with E-state index in [9.17, 15) is 14.7 Å². The van der Waals surface area contributed by atoms with E-state index in [1.54, 1.807) is 20.9 Å². The third kappa shape index (κ3) is 2.70. The highest BCUT2D eigenvalue weighted by Gasteiger charge is 2.65. The zero-order valence-electron chi connectivity index (χ0n) is 17.6. The van der Waals surface area contributed by atoms with E-state index in [1.807, 2.05) is 32.0 Å². The number of amides is 2. The maximum absolute atomic E-state index is 13.5. The van der Waals surface area contributed by atoms with E-state index < -0.39 is 54.4 Å². The predicted molar refractivity (Wildman–Crippen MR) is 103 cm³/mol. The molecule has 0 radical (unpaired) electrons. The van der Waals surface area contributed by atoms with E-state index in [1.165, 1.54) is 9.96 Å². The number of nitrogens with zero attached hydrogens (tertiary/aromatic N) is 2. The normalized spacial score (nSPS) is 40.3. The summed E-state index contributed by atoms with van der Waals surface area (Å²) in [6.07, 6.45) is -4.19. The van der Waals surface area contributed by atoms with Crippen molar-refractivity contribution in [1.82, 2.24) is 5.06 Å². The zero-order chi connectivity index (χ0) is 21.5. The molecule has 4 fully saturated rings. The molecule has 9 nitrogen and oxygen atoms in total. The fraction of sp³-hybridized carbons (Fsp3) is 0.619. The minimum Gasteiger partial charge on any atom is -0.387 e. The summed E-state index contributed by atoms with van der Waals surface area (Å²) < 4.78 is 17.5. The fourth-order valence-corrected chi connectivity index (χ4v) is 5.17. The maximum Gasteiger partial charge on any atom is 0.265 e. The van der Waals surface area contributed by atoms with Gasteiger partial charge in [0.1, 0.15) is 18.3 Å². The van der Waals surface area contributed by atoms with Crippen LogP contribution in [0.2, 0.25) is 0 Å². The molecule has 1 N–H and O–H groups in total. The predicted octanol–water partition coefficient (Wildman–Crippen LogP) is 0.644. The quantitative estimate of drug-likeness (QED) is 0.699. The lowest BCUT2D eigenvalue weighted by Gasteiger charge is -2.31. The van der Waals surface area contributed by atoms with Gasteiger partial charge < -0.3 is 19.3 Å². The lowest BCUT2D eigenvalue weighted by atomic mass is 9.89. The minimum absolute atomic E-state index is 0.355. The number of aliphatic hydroxyl groups is 1. The van der Waals surface area contributed by atoms with E-state index in [4.69, 9.17) is 19.0 Å². The Balaban J connectivity index is 1.46. The third-order valence-corrected chi connectivity index (χ3v) is 6.42. The number of likely N-dealkylation sites (N-methyl/N-ethyl adjacent to an activating group) is 1. The summed E-state index contributed by atoms with van der Waals surface area (Å²) in [5.41, 5.74) is 2.25. The summed E-state index contributed by atoms with van der Waals surface area (Å²) in [5, 5.41) is 12.3. The van der Waals surface area contributed by atoms with Gasteiger partial charge in [0.2, 0.25) is 5.91 Å². The summed E-state index contributed by atoms with van der Waals surface area (Å²) in [5.74, 6) is -2.42. The zero-order valence-corrected chi connectivity index (χ0v) is 17.6. The second kappa shape index (κ2) is 6.56. The van der Waals surface area contributed by atoms with Gasteiger partial charge in [-0.25, -0.2) is 4.90 Å². The number of imide groups is 1. The van der Waals surface area contributed by atoms with Crippen molar-refractivity contribution < 1.29 is 33.7 Å². The molecule has 4 aliphatic heterocycles. The summed E-state index contributed by atoms with van der Waals surface area (Å²) in [7, 11) is 1.64. The maximum atomic E-state index is 13.5. The molecule has 4 aliphatic rings. The number of hydroxylamine groups is 2. The second-order valence-electron chi connectivity index (χ2n) is 8.90. The van der Waals surface area contributed by atoms with Crippen LogP contribution in [0.3, 0.4) is 0 Å². The molecule has 0 spiro atoms. The van der Waals surface area contributed by atoms with E-state index in [2.05, 4.69) is 0 Å². The number of rotatable bonds is 2. The van der Waals surface area contributed by atoms with Gasteiger partial charge in [-0.3, -0.25) is 14.4 Å². The summed E-state index contributed by atoms with van der Waals surface area (Å²) >= 11 is 0. The number of carbonyl (C=O) groups excluding carboxylic acids is 2. The molecule has 0 saturated carbocycles. The van der Waals surface area contributed by atoms with Crippen LogP contribution in [0.5, 0.6) is 0 Å². The first kappa shape index (κ1) is 20.0. The number of fused-ring (bicyclic) bond motifs is 2. The molecular formula is C21H26N2O7. The number of benzene rings is 1. The molecule has 0 bridgehead atoms. The molecular weight excluding hydrogens is 392 g/mol. The van der Waals surface area contributed by atoms with Gasteiger partial charge in [-0.2, -0.15) is 5.06 Å². The van der Waals surface area contributed by atoms with Crippen LogP contribution in [0.25, 0.3) is 0 Å². The Bertz CT molecular complexity index is 898. The topological polar surface area (TPSA) is 97.8 Å². The van der Waals surface area contributed by atoms with Crippen molar-refractivity contribution in [3.63, 3.8) is 0 Å². The van der Waals surface area contributed by atoms with Crippen LogP contribution in [0.1, 0.15) is 25.0 Å². The highest BCUT2D eigenvalue weighted by atomic mass is 16.8. The highest BCUT2D eigenvalue weighted by Crippen LogP contribution is 2.45. The molecule has 0 aliphatic carbocycles. The Labute approximate surface area is 174 Å². The Kier molecular flexibility index (Phi) is 4.38. The lowest BCUT2D eigenvalue weighted by Crippen LogP contribution is -2.50. The molecule has 0 unspecified atom stereocenters. The number of hydrogen-bond donors (Lipinski definition) is 1. The van der Waals surface area contributed by atoms with Crippen LogP contribution >= 0.6 is 0 Å². The largest absolute Gasteiger partial charge is 0.387 e. The van der Waals surface area contributed by atoms with Crippen molar-refractivity contribution in [1.29, 1.82) is 0 Å². The molecule has 4 heterocycles. The van der Waals surface area contributed by atoms with Crippen molar-refractivity contribution in [2.75, 3.05) is 11.9 Å². The Morgan fingerprint density at radius 2 is 1.70 bits per heavy atom. The van der Waals surface area contributed by atoms with Gasteiger partial charge in [0, 0.05) is 7.05 Å². The summed E-state index contributed by atoms with van der Waals surface area (Å²) in [6, 6.07) is 4.96. The molecule has 7 atom stereocenters. The molecule has 5 rings (SSSR count). The van der Waals surface area contributed by atoms with E-state index in [0.29, 0.717) is 5.69 Å². The average molecular weight is 418 g/mol.